The first kappa shape index (κ1) is 17.2. The fourth-order valence-electron chi connectivity index (χ4n) is 3.16. The van der Waals surface area contributed by atoms with E-state index in [1.54, 1.807) is 11.3 Å². The molecule has 0 fully saturated rings. The highest BCUT2D eigenvalue weighted by Gasteiger charge is 2.20. The van der Waals surface area contributed by atoms with Gasteiger partial charge in [0.1, 0.15) is 10.1 Å². The average molecular weight is 402 g/mol. The van der Waals surface area contributed by atoms with E-state index in [4.69, 9.17) is 0 Å². The molecule has 0 bridgehead atoms. The van der Waals surface area contributed by atoms with Crippen molar-refractivity contribution in [2.45, 2.75) is 0 Å². The summed E-state index contributed by atoms with van der Waals surface area (Å²) in [7, 11) is 0. The van der Waals surface area contributed by atoms with Gasteiger partial charge in [-0.05, 0) is 42.5 Å². The van der Waals surface area contributed by atoms with Crippen LogP contribution in [-0.2, 0) is 4.79 Å². The lowest BCUT2D eigenvalue weighted by atomic mass is 10.2. The van der Waals surface area contributed by atoms with E-state index in [-0.39, 0.29) is 5.91 Å². The molecule has 5 rings (SSSR count). The van der Waals surface area contributed by atoms with Crippen LogP contribution in [0.25, 0.3) is 10.2 Å². The fourth-order valence-corrected chi connectivity index (χ4v) is 5.01. The van der Waals surface area contributed by atoms with Gasteiger partial charge < -0.3 is 4.90 Å². The van der Waals surface area contributed by atoms with E-state index in [1.807, 2.05) is 42.5 Å². The summed E-state index contributed by atoms with van der Waals surface area (Å²) in [5, 5.41) is 1.55. The van der Waals surface area contributed by atoms with E-state index in [9.17, 15) is 4.79 Å². The van der Waals surface area contributed by atoms with Crippen LogP contribution >= 0.6 is 23.1 Å². The summed E-state index contributed by atoms with van der Waals surface area (Å²) < 4.78 is 1.08. The minimum absolute atomic E-state index is 0.0840. The second-order valence-corrected chi connectivity index (χ2v) is 8.27. The van der Waals surface area contributed by atoms with Crippen LogP contribution in [0.5, 0.6) is 0 Å². The van der Waals surface area contributed by atoms with Gasteiger partial charge in [-0.15, -0.1) is 11.3 Å². The number of anilines is 3. The van der Waals surface area contributed by atoms with Crippen molar-refractivity contribution in [1.29, 1.82) is 0 Å². The van der Waals surface area contributed by atoms with Gasteiger partial charge in [-0.25, -0.2) is 9.98 Å². The van der Waals surface area contributed by atoms with Gasteiger partial charge in [0.15, 0.2) is 0 Å². The molecule has 1 aliphatic rings. The maximum absolute atomic E-state index is 11.5. The molecular formula is C22H15N3OS2. The Balaban J connectivity index is 1.61. The number of hydrogen-bond donors (Lipinski definition) is 0. The van der Waals surface area contributed by atoms with Gasteiger partial charge in [0.05, 0.1) is 16.0 Å². The Bertz CT molecular complexity index is 1150. The first-order chi connectivity index (χ1) is 13.8. The molecule has 1 aromatic heterocycles. The van der Waals surface area contributed by atoms with Crippen LogP contribution in [0.4, 0.5) is 17.1 Å². The van der Waals surface area contributed by atoms with Crippen molar-refractivity contribution in [3.8, 4) is 0 Å². The first-order valence-electron chi connectivity index (χ1n) is 8.83. The van der Waals surface area contributed by atoms with Gasteiger partial charge >= 0.3 is 0 Å². The summed E-state index contributed by atoms with van der Waals surface area (Å²) in [4.78, 5) is 22.4. The Labute approximate surface area is 170 Å². The molecule has 0 saturated heterocycles. The molecule has 0 atom stereocenters. The van der Waals surface area contributed by atoms with Crippen LogP contribution in [0, 0.1) is 0 Å². The SMILES string of the molecule is O=C1CSC(c2nc3ccc(N(c4ccccc4)c4ccccc4)cc3s2)=N1. The summed E-state index contributed by atoms with van der Waals surface area (Å²) in [6, 6.07) is 26.9. The minimum Gasteiger partial charge on any atom is -0.310 e. The summed E-state index contributed by atoms with van der Waals surface area (Å²) in [5.41, 5.74) is 4.18. The molecule has 6 heteroatoms. The third kappa shape index (κ3) is 3.21. The van der Waals surface area contributed by atoms with Crippen LogP contribution in [0.2, 0.25) is 0 Å². The summed E-state index contributed by atoms with van der Waals surface area (Å²) >= 11 is 3.04. The number of hydrogen-bond acceptors (Lipinski definition) is 5. The lowest BCUT2D eigenvalue weighted by Crippen LogP contribution is -2.09. The number of fused-ring (bicyclic) bond motifs is 1. The number of thioether (sulfide) groups is 1. The Morgan fingerprint density at radius 1 is 0.821 bits per heavy atom. The van der Waals surface area contributed by atoms with Gasteiger partial charge in [0, 0.05) is 17.1 Å². The van der Waals surface area contributed by atoms with E-state index in [2.05, 4.69) is 51.3 Å². The lowest BCUT2D eigenvalue weighted by molar-refractivity contribution is -0.115. The zero-order valence-electron chi connectivity index (χ0n) is 14.8. The van der Waals surface area contributed by atoms with E-state index in [0.717, 1.165) is 37.3 Å². The van der Waals surface area contributed by atoms with Gasteiger partial charge in [0.25, 0.3) is 5.91 Å². The highest BCUT2D eigenvalue weighted by atomic mass is 32.2. The maximum atomic E-state index is 11.5. The minimum atomic E-state index is -0.0840. The molecule has 0 N–H and O–H groups in total. The number of benzene rings is 3. The number of nitrogens with zero attached hydrogens (tertiary/aromatic N) is 3. The number of carbonyl (C=O) groups is 1. The third-order valence-corrected chi connectivity index (χ3v) is 6.50. The van der Waals surface area contributed by atoms with Gasteiger partial charge in [-0.3, -0.25) is 4.79 Å². The predicted octanol–water partition coefficient (Wildman–Crippen LogP) is 5.79. The quantitative estimate of drug-likeness (QED) is 0.434. The van der Waals surface area contributed by atoms with Crippen molar-refractivity contribution in [2.24, 2.45) is 4.99 Å². The normalized spacial score (nSPS) is 13.7. The Hall–Kier alpha value is -2.96. The Morgan fingerprint density at radius 2 is 1.50 bits per heavy atom. The molecule has 28 heavy (non-hydrogen) atoms. The maximum Gasteiger partial charge on any atom is 0.257 e. The highest BCUT2D eigenvalue weighted by molar-refractivity contribution is 8.15. The average Bonchev–Trinajstić information content (AvgIpc) is 3.35. The van der Waals surface area contributed by atoms with Crippen molar-refractivity contribution in [3.63, 3.8) is 0 Å². The standard InChI is InChI=1S/C22H15N3OS2/c26-20-14-27-21(24-20)22-23-18-12-11-17(13-19(18)28-22)25(15-7-3-1-4-8-15)16-9-5-2-6-10-16/h1-13H,14H2. The Morgan fingerprint density at radius 3 is 2.11 bits per heavy atom. The van der Waals surface area contributed by atoms with Crippen molar-refractivity contribution >= 4 is 61.3 Å². The van der Waals surface area contributed by atoms with Crippen molar-refractivity contribution in [2.75, 3.05) is 10.7 Å². The Kier molecular flexibility index (Phi) is 4.43. The van der Waals surface area contributed by atoms with Crippen LogP contribution < -0.4 is 4.90 Å². The van der Waals surface area contributed by atoms with E-state index < -0.39 is 0 Å². The summed E-state index contributed by atoms with van der Waals surface area (Å²) in [5.74, 6) is 0.325. The molecule has 0 unspecified atom stereocenters. The number of aromatic nitrogens is 1. The van der Waals surface area contributed by atoms with E-state index >= 15 is 0 Å². The molecule has 1 amide bonds. The highest BCUT2D eigenvalue weighted by Crippen LogP contribution is 2.37. The van der Waals surface area contributed by atoms with Gasteiger partial charge in [-0.1, -0.05) is 48.2 Å². The molecule has 4 nitrogen and oxygen atoms in total. The molecule has 3 aromatic carbocycles. The molecule has 4 aromatic rings. The van der Waals surface area contributed by atoms with E-state index in [0.29, 0.717) is 5.75 Å². The topological polar surface area (TPSA) is 45.6 Å². The van der Waals surface area contributed by atoms with Crippen LogP contribution in [0.3, 0.4) is 0 Å². The second kappa shape index (κ2) is 7.22. The smallest absolute Gasteiger partial charge is 0.257 e. The van der Waals surface area contributed by atoms with Gasteiger partial charge in [0.2, 0.25) is 0 Å². The monoisotopic (exact) mass is 401 g/mol. The first-order valence-corrected chi connectivity index (χ1v) is 10.6. The largest absolute Gasteiger partial charge is 0.310 e. The summed E-state index contributed by atoms with van der Waals surface area (Å²) in [6.45, 7) is 0. The number of para-hydroxylation sites is 2. The molecule has 1 aliphatic heterocycles. The molecule has 0 radical (unpaired) electrons. The fraction of sp³-hybridized carbons (Fsp3) is 0.0455. The van der Waals surface area contributed by atoms with Crippen LogP contribution in [0.1, 0.15) is 5.01 Å². The molecule has 0 aliphatic carbocycles. The lowest BCUT2D eigenvalue weighted by Gasteiger charge is -2.25. The second-order valence-electron chi connectivity index (χ2n) is 6.28. The molecule has 136 valence electrons. The van der Waals surface area contributed by atoms with Crippen molar-refractivity contribution in [3.05, 3.63) is 83.9 Å². The van der Waals surface area contributed by atoms with Crippen molar-refractivity contribution in [1.82, 2.24) is 4.98 Å². The molecular weight excluding hydrogens is 386 g/mol. The number of rotatable bonds is 4. The molecule has 0 spiro atoms. The predicted molar refractivity (Wildman–Crippen MR) is 118 cm³/mol. The van der Waals surface area contributed by atoms with Crippen LogP contribution in [0.15, 0.2) is 83.9 Å². The van der Waals surface area contributed by atoms with E-state index in [1.165, 1.54) is 11.8 Å². The zero-order chi connectivity index (χ0) is 18.9. The third-order valence-electron chi connectivity index (χ3n) is 4.40. The number of thiazole rings is 1. The van der Waals surface area contributed by atoms with Crippen molar-refractivity contribution < 1.29 is 4.79 Å². The number of amides is 1. The zero-order valence-corrected chi connectivity index (χ0v) is 16.4. The molecule has 2 heterocycles. The van der Waals surface area contributed by atoms with Crippen LogP contribution in [-0.4, -0.2) is 21.7 Å². The summed E-state index contributed by atoms with van der Waals surface area (Å²) in [6.07, 6.45) is 0. The number of carbonyl (C=O) groups excluding carboxylic acids is 1. The molecule has 0 saturated carbocycles. The number of aliphatic imine (C=N–C) groups is 1. The van der Waals surface area contributed by atoms with Gasteiger partial charge in [-0.2, -0.15) is 0 Å².